The molecular formula is C26H34N2O3. The lowest BCUT2D eigenvalue weighted by Gasteiger charge is -2.58. The maximum absolute atomic E-state index is 12.7. The Labute approximate surface area is 185 Å². The smallest absolute Gasteiger partial charge is 0.410 e. The molecule has 3 aliphatic carbocycles. The Morgan fingerprint density at radius 3 is 2.61 bits per heavy atom. The number of rotatable bonds is 1. The van der Waals surface area contributed by atoms with Crippen LogP contribution in [-0.2, 0) is 11.2 Å². The van der Waals surface area contributed by atoms with E-state index in [-0.39, 0.29) is 11.5 Å². The fraction of sp³-hybridized carbons (Fsp3) is 0.692. The number of Topliss-reactive ketones (excluding diaryl/α,β-unsaturated/α-hetero) is 1. The van der Waals surface area contributed by atoms with E-state index in [9.17, 15) is 9.59 Å². The Morgan fingerprint density at radius 2 is 1.87 bits per heavy atom. The summed E-state index contributed by atoms with van der Waals surface area (Å²) in [7, 11) is 2.13. The quantitative estimate of drug-likeness (QED) is 0.682. The van der Waals surface area contributed by atoms with E-state index in [1.54, 1.807) is 0 Å². The molecule has 5 heteroatoms. The first kappa shape index (κ1) is 19.8. The zero-order chi connectivity index (χ0) is 21.5. The molecule has 2 saturated carbocycles. The molecule has 2 saturated heterocycles. The monoisotopic (exact) mass is 422 g/mol. The topological polar surface area (TPSA) is 49.9 Å². The van der Waals surface area contributed by atoms with Crippen LogP contribution in [0.5, 0.6) is 5.75 Å². The number of carbonyl (C=O) groups excluding carboxylic acids is 2. The van der Waals surface area contributed by atoms with Gasteiger partial charge in [0, 0.05) is 43.4 Å². The van der Waals surface area contributed by atoms with Crippen molar-refractivity contribution in [1.29, 1.82) is 0 Å². The van der Waals surface area contributed by atoms with Crippen molar-refractivity contribution in [2.75, 3.05) is 33.2 Å². The normalized spacial score (nSPS) is 35.6. The molecule has 0 aromatic heterocycles. The molecular weight excluding hydrogens is 388 g/mol. The van der Waals surface area contributed by atoms with E-state index in [4.69, 9.17) is 4.74 Å². The van der Waals surface area contributed by atoms with Gasteiger partial charge in [-0.1, -0.05) is 13.0 Å². The highest BCUT2D eigenvalue weighted by Crippen LogP contribution is 2.59. The van der Waals surface area contributed by atoms with Crippen molar-refractivity contribution >= 4 is 11.9 Å². The van der Waals surface area contributed by atoms with Gasteiger partial charge in [-0.2, -0.15) is 0 Å². The van der Waals surface area contributed by atoms with Crippen LogP contribution in [0.3, 0.4) is 0 Å². The van der Waals surface area contributed by atoms with Crippen molar-refractivity contribution in [2.24, 2.45) is 22.7 Å². The van der Waals surface area contributed by atoms with Gasteiger partial charge < -0.3 is 14.5 Å². The highest BCUT2D eigenvalue weighted by molar-refractivity contribution is 5.87. The van der Waals surface area contributed by atoms with E-state index in [1.807, 2.05) is 4.90 Å². The van der Waals surface area contributed by atoms with E-state index in [2.05, 4.69) is 37.9 Å². The van der Waals surface area contributed by atoms with Crippen molar-refractivity contribution in [3.05, 3.63) is 28.8 Å². The van der Waals surface area contributed by atoms with Gasteiger partial charge in [-0.15, -0.1) is 0 Å². The van der Waals surface area contributed by atoms with Crippen molar-refractivity contribution < 1.29 is 14.3 Å². The summed E-state index contributed by atoms with van der Waals surface area (Å²) in [5, 5.41) is 0. The molecule has 1 spiro atoms. The number of carbonyl (C=O) groups is 2. The number of hydrogen-bond acceptors (Lipinski definition) is 4. The van der Waals surface area contributed by atoms with Gasteiger partial charge in [-0.3, -0.25) is 4.79 Å². The third-order valence-corrected chi connectivity index (χ3v) is 9.45. The molecule has 4 unspecified atom stereocenters. The highest BCUT2D eigenvalue weighted by Gasteiger charge is 2.55. The van der Waals surface area contributed by atoms with Gasteiger partial charge in [0.25, 0.3) is 0 Å². The molecule has 0 radical (unpaired) electrons. The fourth-order valence-electron chi connectivity index (χ4n) is 7.94. The molecule has 4 fully saturated rings. The third kappa shape index (κ3) is 2.84. The Hall–Kier alpha value is -1.88. The first-order chi connectivity index (χ1) is 14.8. The van der Waals surface area contributed by atoms with E-state index < -0.39 is 0 Å². The average molecular weight is 423 g/mol. The van der Waals surface area contributed by atoms with Crippen LogP contribution in [0.15, 0.2) is 12.1 Å². The van der Waals surface area contributed by atoms with Crippen LogP contribution >= 0.6 is 0 Å². The predicted octanol–water partition coefficient (Wildman–Crippen LogP) is 4.17. The molecule has 5 nitrogen and oxygen atoms in total. The molecule has 0 N–H and O–H groups in total. The summed E-state index contributed by atoms with van der Waals surface area (Å²) in [5.74, 6) is 2.96. The van der Waals surface area contributed by atoms with Crippen LogP contribution in [0, 0.1) is 29.6 Å². The summed E-state index contributed by atoms with van der Waals surface area (Å²) in [6, 6.07) is 4.42. The summed E-state index contributed by atoms with van der Waals surface area (Å²) in [5.41, 5.74) is 4.11. The van der Waals surface area contributed by atoms with Gasteiger partial charge in [0.1, 0.15) is 11.5 Å². The second kappa shape index (κ2) is 6.57. The second-order valence-electron chi connectivity index (χ2n) is 11.5. The predicted molar refractivity (Wildman–Crippen MR) is 118 cm³/mol. The minimum absolute atomic E-state index is 0.0764. The molecule has 4 atom stereocenters. The van der Waals surface area contributed by atoms with Crippen molar-refractivity contribution in [3.63, 3.8) is 0 Å². The maximum Gasteiger partial charge on any atom is 0.415 e. The van der Waals surface area contributed by atoms with Crippen LogP contribution in [-0.4, -0.2) is 54.9 Å². The lowest BCUT2D eigenvalue weighted by molar-refractivity contribution is -0.129. The van der Waals surface area contributed by atoms with Crippen LogP contribution in [0.4, 0.5) is 4.79 Å². The van der Waals surface area contributed by atoms with E-state index in [0.29, 0.717) is 29.0 Å². The van der Waals surface area contributed by atoms with E-state index in [1.165, 1.54) is 11.1 Å². The molecule has 1 aromatic carbocycles. The largest absolute Gasteiger partial charge is 0.415 e. The number of aryl methyl sites for hydroxylation is 2. The number of ether oxygens (including phenoxy) is 1. The lowest BCUT2D eigenvalue weighted by Crippen LogP contribution is -2.72. The van der Waals surface area contributed by atoms with E-state index in [0.717, 1.165) is 76.0 Å². The molecule has 2 aliphatic heterocycles. The summed E-state index contributed by atoms with van der Waals surface area (Å²) in [6.07, 6.45) is 5.98. The second-order valence-corrected chi connectivity index (χ2v) is 11.5. The van der Waals surface area contributed by atoms with Gasteiger partial charge in [0.2, 0.25) is 0 Å². The Kier molecular flexibility index (Phi) is 4.19. The minimum atomic E-state index is -0.199. The Morgan fingerprint density at radius 1 is 1.10 bits per heavy atom. The van der Waals surface area contributed by atoms with Crippen LogP contribution < -0.4 is 4.74 Å². The molecule has 31 heavy (non-hydrogen) atoms. The number of ketones is 1. The number of nitrogens with zero attached hydrogens (tertiary/aromatic N) is 2. The van der Waals surface area contributed by atoms with Gasteiger partial charge in [-0.05, 0) is 86.6 Å². The van der Waals surface area contributed by atoms with Crippen molar-refractivity contribution in [2.45, 2.75) is 58.3 Å². The van der Waals surface area contributed by atoms with Gasteiger partial charge in [-0.25, -0.2) is 4.79 Å². The number of benzene rings is 1. The Bertz CT molecular complexity index is 958. The number of fused-ring (bicyclic) bond motifs is 5. The lowest BCUT2D eigenvalue weighted by atomic mass is 9.55. The van der Waals surface area contributed by atoms with Gasteiger partial charge >= 0.3 is 6.09 Å². The van der Waals surface area contributed by atoms with Crippen molar-refractivity contribution in [1.82, 2.24) is 9.80 Å². The van der Waals surface area contributed by atoms with Crippen LogP contribution in [0.2, 0.25) is 0 Å². The molecule has 166 valence electrons. The van der Waals surface area contributed by atoms with Crippen LogP contribution in [0.1, 0.15) is 61.6 Å². The number of amides is 1. The Balaban J connectivity index is 1.18. The van der Waals surface area contributed by atoms with Gasteiger partial charge in [0.15, 0.2) is 0 Å². The zero-order valence-corrected chi connectivity index (χ0v) is 19.1. The summed E-state index contributed by atoms with van der Waals surface area (Å²) in [4.78, 5) is 29.4. The SMILES string of the molecule is Cc1cc2c(cc1OC(=O)N1CC3(CN(C)C3)C1)CCC1C2CCC2(C)C(=O)CCC12. The van der Waals surface area contributed by atoms with Crippen LogP contribution in [0.25, 0.3) is 0 Å². The molecule has 1 amide bonds. The van der Waals surface area contributed by atoms with E-state index >= 15 is 0 Å². The zero-order valence-electron chi connectivity index (χ0n) is 19.1. The average Bonchev–Trinajstić information content (AvgIpc) is 2.99. The molecule has 6 rings (SSSR count). The molecule has 1 aromatic rings. The standard InChI is InChI=1S/C26H34N2O3/c1-16-10-20-17(4-5-19-18(20)8-9-25(2)21(19)6-7-23(25)29)11-22(16)31-24(30)28-14-26(15-28)12-27(3)13-26/h10-11,18-19,21H,4-9,12-15H2,1-3H3. The first-order valence-corrected chi connectivity index (χ1v) is 12.1. The summed E-state index contributed by atoms with van der Waals surface area (Å²) >= 11 is 0. The first-order valence-electron chi connectivity index (χ1n) is 12.1. The fourth-order valence-corrected chi connectivity index (χ4v) is 7.94. The maximum atomic E-state index is 12.7. The molecule has 5 aliphatic rings. The number of hydrogen-bond donors (Lipinski definition) is 0. The molecule has 0 bridgehead atoms. The van der Waals surface area contributed by atoms with Gasteiger partial charge in [0.05, 0.1) is 0 Å². The number of likely N-dealkylation sites (tertiary alicyclic amines) is 2. The third-order valence-electron chi connectivity index (χ3n) is 9.45. The summed E-state index contributed by atoms with van der Waals surface area (Å²) < 4.78 is 5.87. The molecule has 2 heterocycles. The minimum Gasteiger partial charge on any atom is -0.410 e. The highest BCUT2D eigenvalue weighted by atomic mass is 16.6. The van der Waals surface area contributed by atoms with Crippen molar-refractivity contribution in [3.8, 4) is 5.75 Å². The summed E-state index contributed by atoms with van der Waals surface area (Å²) in [6.45, 7) is 8.11.